The van der Waals surface area contributed by atoms with Crippen molar-refractivity contribution in [3.63, 3.8) is 0 Å². The quantitative estimate of drug-likeness (QED) is 0.657. The first-order valence-corrected chi connectivity index (χ1v) is 5.81. The highest BCUT2D eigenvalue weighted by molar-refractivity contribution is 6.08. The molecule has 1 aromatic heterocycles. The predicted molar refractivity (Wildman–Crippen MR) is 74.8 cm³/mol. The van der Waals surface area contributed by atoms with E-state index in [0.717, 1.165) is 0 Å². The molecular formula is C13H12N4O3. The molecule has 2 rings (SSSR count). The molecule has 102 valence electrons. The van der Waals surface area contributed by atoms with E-state index in [9.17, 15) is 14.9 Å². The number of rotatable bonds is 4. The lowest BCUT2D eigenvalue weighted by Crippen LogP contribution is -2.15. The van der Waals surface area contributed by atoms with Crippen LogP contribution in [0.15, 0.2) is 42.6 Å². The van der Waals surface area contributed by atoms with E-state index in [-0.39, 0.29) is 16.9 Å². The van der Waals surface area contributed by atoms with Crippen molar-refractivity contribution in [1.29, 1.82) is 0 Å². The summed E-state index contributed by atoms with van der Waals surface area (Å²) in [5.41, 5.74) is -0.000366. The Labute approximate surface area is 114 Å². The van der Waals surface area contributed by atoms with Gasteiger partial charge in [0.1, 0.15) is 17.1 Å². The first kappa shape index (κ1) is 13.5. The lowest BCUT2D eigenvalue weighted by molar-refractivity contribution is -0.384. The number of carbonyl (C=O) groups excluding carboxylic acids is 1. The number of benzene rings is 1. The van der Waals surface area contributed by atoms with Crippen molar-refractivity contribution >= 4 is 23.1 Å². The van der Waals surface area contributed by atoms with Crippen molar-refractivity contribution in [2.75, 3.05) is 17.7 Å². The number of nitrogens with one attached hydrogen (secondary N) is 2. The van der Waals surface area contributed by atoms with Gasteiger partial charge in [0.05, 0.1) is 4.92 Å². The van der Waals surface area contributed by atoms with Gasteiger partial charge in [0.25, 0.3) is 5.91 Å². The number of nitro benzene ring substituents is 1. The zero-order valence-corrected chi connectivity index (χ0v) is 10.7. The van der Waals surface area contributed by atoms with Crippen molar-refractivity contribution in [1.82, 2.24) is 4.98 Å². The van der Waals surface area contributed by atoms with E-state index >= 15 is 0 Å². The number of para-hydroxylation sites is 1. The Kier molecular flexibility index (Phi) is 3.90. The summed E-state index contributed by atoms with van der Waals surface area (Å²) in [6.07, 6.45) is 1.52. The molecule has 0 aliphatic rings. The molecule has 1 heterocycles. The highest BCUT2D eigenvalue weighted by atomic mass is 16.6. The Hall–Kier alpha value is -2.96. The molecule has 7 heteroatoms. The standard InChI is InChI=1S/C13H12N4O3/c1-14-10-6-4-5-9(12(10)17(19)20)13(18)16-11-7-2-3-8-15-11/h2-8,14H,1H3,(H,15,16,18). The summed E-state index contributed by atoms with van der Waals surface area (Å²) < 4.78 is 0. The highest BCUT2D eigenvalue weighted by Gasteiger charge is 2.24. The maximum atomic E-state index is 12.1. The minimum Gasteiger partial charge on any atom is -0.383 e. The Balaban J connectivity index is 2.37. The summed E-state index contributed by atoms with van der Waals surface area (Å²) in [5.74, 6) is -0.242. The van der Waals surface area contributed by atoms with Crippen LogP contribution >= 0.6 is 0 Å². The van der Waals surface area contributed by atoms with Gasteiger partial charge in [-0.05, 0) is 24.3 Å². The summed E-state index contributed by atoms with van der Waals surface area (Å²) in [6.45, 7) is 0. The summed E-state index contributed by atoms with van der Waals surface area (Å²) in [4.78, 5) is 26.6. The summed E-state index contributed by atoms with van der Waals surface area (Å²) in [7, 11) is 1.56. The van der Waals surface area contributed by atoms with Gasteiger partial charge in [0.2, 0.25) is 0 Å². The molecule has 2 N–H and O–H groups in total. The van der Waals surface area contributed by atoms with Crippen LogP contribution in [0.3, 0.4) is 0 Å². The lowest BCUT2D eigenvalue weighted by atomic mass is 10.1. The molecule has 0 fully saturated rings. The number of hydrogen-bond acceptors (Lipinski definition) is 5. The number of carbonyl (C=O) groups is 1. The second kappa shape index (κ2) is 5.79. The maximum Gasteiger partial charge on any atom is 0.305 e. The lowest BCUT2D eigenvalue weighted by Gasteiger charge is -2.07. The van der Waals surface area contributed by atoms with Crippen LogP contribution in [-0.2, 0) is 0 Å². The van der Waals surface area contributed by atoms with Crippen molar-refractivity contribution in [2.45, 2.75) is 0 Å². The van der Waals surface area contributed by atoms with Crippen LogP contribution in [0.1, 0.15) is 10.4 Å². The third-order valence-electron chi connectivity index (χ3n) is 2.64. The van der Waals surface area contributed by atoms with E-state index in [1.165, 1.54) is 18.3 Å². The summed E-state index contributed by atoms with van der Waals surface area (Å²) >= 11 is 0. The van der Waals surface area contributed by atoms with Crippen LogP contribution in [0.25, 0.3) is 0 Å². The molecule has 7 nitrogen and oxygen atoms in total. The molecule has 0 atom stereocenters. The molecule has 1 aromatic carbocycles. The fourth-order valence-corrected chi connectivity index (χ4v) is 1.75. The molecule has 0 saturated carbocycles. The van der Waals surface area contributed by atoms with Crippen LogP contribution in [0.5, 0.6) is 0 Å². The number of anilines is 2. The fraction of sp³-hybridized carbons (Fsp3) is 0.0769. The monoisotopic (exact) mass is 272 g/mol. The fourth-order valence-electron chi connectivity index (χ4n) is 1.75. The van der Waals surface area contributed by atoms with Gasteiger partial charge in [-0.2, -0.15) is 0 Å². The Bertz CT molecular complexity index is 643. The molecular weight excluding hydrogens is 260 g/mol. The molecule has 0 aliphatic heterocycles. The second-order valence-electron chi connectivity index (χ2n) is 3.88. The normalized spacial score (nSPS) is 9.85. The smallest absolute Gasteiger partial charge is 0.305 e. The molecule has 0 unspecified atom stereocenters. The number of pyridine rings is 1. The molecule has 0 bridgehead atoms. The van der Waals surface area contributed by atoms with Crippen molar-refractivity contribution in [3.8, 4) is 0 Å². The van der Waals surface area contributed by atoms with E-state index in [1.807, 2.05) is 0 Å². The molecule has 0 spiro atoms. The number of hydrogen-bond donors (Lipinski definition) is 2. The summed E-state index contributed by atoms with van der Waals surface area (Å²) in [5, 5.41) is 16.3. The molecule has 0 aliphatic carbocycles. The van der Waals surface area contributed by atoms with Gasteiger partial charge in [-0.15, -0.1) is 0 Å². The third kappa shape index (κ3) is 2.72. The zero-order chi connectivity index (χ0) is 14.5. The minimum absolute atomic E-state index is 0.0208. The number of nitro groups is 1. The molecule has 0 saturated heterocycles. The highest BCUT2D eigenvalue weighted by Crippen LogP contribution is 2.28. The topological polar surface area (TPSA) is 97.2 Å². The van der Waals surface area contributed by atoms with Crippen molar-refractivity contribution in [3.05, 3.63) is 58.3 Å². The second-order valence-corrected chi connectivity index (χ2v) is 3.88. The Morgan fingerprint density at radius 2 is 2.05 bits per heavy atom. The minimum atomic E-state index is -0.584. The largest absolute Gasteiger partial charge is 0.383 e. The number of amides is 1. The first-order valence-electron chi connectivity index (χ1n) is 5.81. The van der Waals surface area contributed by atoms with Crippen molar-refractivity contribution < 1.29 is 9.72 Å². The molecule has 1 amide bonds. The molecule has 2 aromatic rings. The number of nitrogens with zero attached hydrogens (tertiary/aromatic N) is 2. The third-order valence-corrected chi connectivity index (χ3v) is 2.64. The SMILES string of the molecule is CNc1cccc(C(=O)Nc2ccccn2)c1[N+](=O)[O-]. The molecule has 0 radical (unpaired) electrons. The van der Waals surface area contributed by atoms with Gasteiger partial charge in [-0.1, -0.05) is 12.1 Å². The van der Waals surface area contributed by atoms with Crippen molar-refractivity contribution in [2.24, 2.45) is 0 Å². The van der Waals surface area contributed by atoms with E-state index in [4.69, 9.17) is 0 Å². The van der Waals surface area contributed by atoms with Gasteiger partial charge in [0, 0.05) is 13.2 Å². The van der Waals surface area contributed by atoms with Crippen LogP contribution in [-0.4, -0.2) is 22.9 Å². The van der Waals surface area contributed by atoms with Crippen LogP contribution < -0.4 is 10.6 Å². The maximum absolute atomic E-state index is 12.1. The summed E-state index contributed by atoms with van der Waals surface area (Å²) in [6, 6.07) is 9.53. The van der Waals surface area contributed by atoms with Gasteiger partial charge in [0.15, 0.2) is 0 Å². The average molecular weight is 272 g/mol. The van der Waals surface area contributed by atoms with E-state index in [0.29, 0.717) is 5.82 Å². The van der Waals surface area contributed by atoms with Crippen LogP contribution in [0.4, 0.5) is 17.2 Å². The van der Waals surface area contributed by atoms with Crippen LogP contribution in [0, 0.1) is 10.1 Å². The Morgan fingerprint density at radius 3 is 2.65 bits per heavy atom. The zero-order valence-electron chi connectivity index (χ0n) is 10.7. The van der Waals surface area contributed by atoms with Gasteiger partial charge >= 0.3 is 5.69 Å². The first-order chi connectivity index (χ1) is 9.63. The Morgan fingerprint density at radius 1 is 1.25 bits per heavy atom. The number of aromatic nitrogens is 1. The van der Waals surface area contributed by atoms with Gasteiger partial charge in [-0.3, -0.25) is 14.9 Å². The van der Waals surface area contributed by atoms with Gasteiger partial charge < -0.3 is 10.6 Å². The van der Waals surface area contributed by atoms with E-state index in [2.05, 4.69) is 15.6 Å². The average Bonchev–Trinajstić information content (AvgIpc) is 2.47. The predicted octanol–water partition coefficient (Wildman–Crippen LogP) is 2.28. The molecule has 20 heavy (non-hydrogen) atoms. The van der Waals surface area contributed by atoms with E-state index in [1.54, 1.807) is 31.3 Å². The van der Waals surface area contributed by atoms with Gasteiger partial charge in [-0.25, -0.2) is 4.98 Å². The van der Waals surface area contributed by atoms with E-state index < -0.39 is 10.8 Å². The van der Waals surface area contributed by atoms with Crippen LogP contribution in [0.2, 0.25) is 0 Å².